The summed E-state index contributed by atoms with van der Waals surface area (Å²) in [4.78, 5) is 30.8. The van der Waals surface area contributed by atoms with Gasteiger partial charge < -0.3 is 14.3 Å². The van der Waals surface area contributed by atoms with Crippen molar-refractivity contribution in [3.63, 3.8) is 0 Å². The van der Waals surface area contributed by atoms with Crippen LogP contribution in [0.1, 0.15) is 72.0 Å². The molecule has 0 radical (unpaired) electrons. The summed E-state index contributed by atoms with van der Waals surface area (Å²) in [5, 5.41) is 9.29. The van der Waals surface area contributed by atoms with Gasteiger partial charge in [0.15, 0.2) is 16.7 Å². The van der Waals surface area contributed by atoms with Crippen LogP contribution in [0.4, 0.5) is 5.95 Å². The van der Waals surface area contributed by atoms with Gasteiger partial charge in [0.05, 0.1) is 23.8 Å². The smallest absolute Gasteiger partial charge is 0.228 e. The average molecular weight is 484 g/mol. The van der Waals surface area contributed by atoms with Crippen molar-refractivity contribution in [3.8, 4) is 0 Å². The number of hydrogen-bond donors (Lipinski definition) is 1. The number of H-pyrrole nitrogens is 1. The number of thioether (sulfide) groups is 1. The lowest BCUT2D eigenvalue weighted by molar-refractivity contribution is 0.0988. The first-order valence-corrected chi connectivity index (χ1v) is 12.6. The summed E-state index contributed by atoms with van der Waals surface area (Å²) >= 11 is 1.38. The van der Waals surface area contributed by atoms with Crippen LogP contribution in [0.15, 0.2) is 28.0 Å². The van der Waals surface area contributed by atoms with Gasteiger partial charge in [-0.3, -0.25) is 14.2 Å². The largest absolute Gasteiger partial charge is 0.467 e. The molecule has 34 heavy (non-hydrogen) atoms. The normalized spacial score (nSPS) is 19.4. The molecular weight excluding hydrogens is 450 g/mol. The molecule has 0 bridgehead atoms. The minimum Gasteiger partial charge on any atom is -0.467 e. The Bertz CT molecular complexity index is 1170. The minimum absolute atomic E-state index is 0.0431. The number of rotatable bonds is 8. The molecule has 0 aliphatic carbocycles. The number of nitrogens with zero attached hydrogens (tertiary/aromatic N) is 4. The molecule has 1 aliphatic rings. The Labute approximate surface area is 204 Å². The number of nitrogens with one attached hydrogen (secondary N) is 1. The van der Waals surface area contributed by atoms with Crippen molar-refractivity contribution in [2.75, 3.05) is 18.0 Å². The van der Waals surface area contributed by atoms with Gasteiger partial charge in [-0.05, 0) is 63.6 Å². The van der Waals surface area contributed by atoms with Gasteiger partial charge in [0.25, 0.3) is 0 Å². The Morgan fingerprint density at radius 3 is 2.53 bits per heavy atom. The summed E-state index contributed by atoms with van der Waals surface area (Å²) in [6, 6.07) is 3.80. The third kappa shape index (κ3) is 4.85. The number of aryl methyl sites for hydroxylation is 1. The van der Waals surface area contributed by atoms with E-state index in [2.05, 4.69) is 33.9 Å². The predicted octanol–water partition coefficient (Wildman–Crippen LogP) is 4.91. The number of carbonyl (C=O) groups excluding carboxylic acids is 2. The van der Waals surface area contributed by atoms with E-state index in [4.69, 9.17) is 4.42 Å². The highest BCUT2D eigenvalue weighted by Crippen LogP contribution is 2.32. The maximum Gasteiger partial charge on any atom is 0.228 e. The molecule has 4 heterocycles. The lowest BCUT2D eigenvalue weighted by Crippen LogP contribution is -2.40. The molecule has 1 aliphatic heterocycles. The number of hydrogen-bond acceptors (Lipinski definition) is 7. The minimum atomic E-state index is -0.414. The second kappa shape index (κ2) is 9.82. The average Bonchev–Trinajstić information content (AvgIpc) is 3.47. The molecule has 3 unspecified atom stereocenters. The van der Waals surface area contributed by atoms with E-state index in [1.165, 1.54) is 25.1 Å². The van der Waals surface area contributed by atoms with Gasteiger partial charge >= 0.3 is 0 Å². The Kier molecular flexibility index (Phi) is 7.02. The van der Waals surface area contributed by atoms with Gasteiger partial charge in [-0.15, -0.1) is 10.2 Å². The zero-order valence-electron chi connectivity index (χ0n) is 20.7. The fourth-order valence-electron chi connectivity index (χ4n) is 5.06. The predicted molar refractivity (Wildman–Crippen MR) is 133 cm³/mol. The van der Waals surface area contributed by atoms with Crippen LogP contribution in [0.25, 0.3) is 0 Å². The highest BCUT2D eigenvalue weighted by Gasteiger charge is 2.30. The molecule has 0 spiro atoms. The standard InChI is InChI=1S/C25H33N5O3S/c1-14-10-15(2)12-29(11-14)24-27-28-25(30(24)13-20-8-7-9-33-20)34-19(6)23(32)22-16(3)21(18(5)31)17(4)26-22/h7-9,14-15,19,26H,10-13H2,1-6H3. The molecule has 3 aromatic heterocycles. The number of ketones is 2. The summed E-state index contributed by atoms with van der Waals surface area (Å²) in [5.41, 5.74) is 2.51. The summed E-state index contributed by atoms with van der Waals surface area (Å²) in [6.07, 6.45) is 2.86. The van der Waals surface area contributed by atoms with Gasteiger partial charge in [-0.1, -0.05) is 25.6 Å². The Hall–Kier alpha value is -2.81. The van der Waals surface area contributed by atoms with E-state index in [9.17, 15) is 9.59 Å². The quantitative estimate of drug-likeness (QED) is 0.359. The van der Waals surface area contributed by atoms with Crippen LogP contribution in [0.5, 0.6) is 0 Å². The molecule has 1 saturated heterocycles. The van der Waals surface area contributed by atoms with Crippen molar-refractivity contribution in [2.24, 2.45) is 11.8 Å². The zero-order valence-corrected chi connectivity index (χ0v) is 21.5. The van der Waals surface area contributed by atoms with Crippen LogP contribution in [-0.4, -0.2) is 49.7 Å². The molecule has 182 valence electrons. The number of furan rings is 1. The van der Waals surface area contributed by atoms with E-state index in [0.29, 0.717) is 40.4 Å². The maximum atomic E-state index is 13.3. The molecule has 8 nitrogen and oxygen atoms in total. The van der Waals surface area contributed by atoms with Crippen LogP contribution in [0, 0.1) is 25.7 Å². The molecule has 0 aromatic carbocycles. The Morgan fingerprint density at radius 2 is 1.94 bits per heavy atom. The van der Waals surface area contributed by atoms with Gasteiger partial charge in [0.2, 0.25) is 5.95 Å². The second-order valence-corrected chi connectivity index (χ2v) is 10.9. The molecule has 0 amide bonds. The molecule has 4 rings (SSSR count). The number of aromatic amines is 1. The van der Waals surface area contributed by atoms with E-state index < -0.39 is 5.25 Å². The zero-order chi connectivity index (χ0) is 24.6. The Balaban J connectivity index is 1.62. The van der Waals surface area contributed by atoms with Crippen LogP contribution in [-0.2, 0) is 6.54 Å². The first-order chi connectivity index (χ1) is 16.2. The van der Waals surface area contributed by atoms with Gasteiger partial charge in [0, 0.05) is 24.3 Å². The molecular formula is C25H33N5O3S. The molecule has 1 N–H and O–H groups in total. The van der Waals surface area contributed by atoms with Crippen LogP contribution in [0.2, 0.25) is 0 Å². The third-order valence-electron chi connectivity index (χ3n) is 6.43. The second-order valence-electron chi connectivity index (χ2n) is 9.60. The number of Topliss-reactive ketones (excluding diaryl/α,β-unsaturated/α-hetero) is 2. The number of carbonyl (C=O) groups is 2. The van der Waals surface area contributed by atoms with Crippen molar-refractivity contribution in [1.82, 2.24) is 19.7 Å². The summed E-state index contributed by atoms with van der Waals surface area (Å²) in [6.45, 7) is 13.9. The molecule has 9 heteroatoms. The fourth-order valence-corrected chi connectivity index (χ4v) is 5.97. The van der Waals surface area contributed by atoms with Gasteiger partial charge in [0.1, 0.15) is 5.76 Å². The van der Waals surface area contributed by atoms with Crippen molar-refractivity contribution in [3.05, 3.63) is 46.7 Å². The van der Waals surface area contributed by atoms with Crippen LogP contribution in [0.3, 0.4) is 0 Å². The fraction of sp³-hybridized carbons (Fsp3) is 0.520. The number of anilines is 1. The van der Waals surface area contributed by atoms with E-state index in [0.717, 1.165) is 30.5 Å². The van der Waals surface area contributed by atoms with Crippen molar-refractivity contribution < 1.29 is 14.0 Å². The van der Waals surface area contributed by atoms with E-state index in [-0.39, 0.29) is 11.6 Å². The first kappa shape index (κ1) is 24.3. The van der Waals surface area contributed by atoms with Gasteiger partial charge in [-0.2, -0.15) is 0 Å². The van der Waals surface area contributed by atoms with E-state index in [1.807, 2.05) is 37.5 Å². The molecule has 0 saturated carbocycles. The molecule has 1 fully saturated rings. The van der Waals surface area contributed by atoms with Crippen LogP contribution < -0.4 is 4.90 Å². The number of piperidine rings is 1. The molecule has 3 aromatic rings. The molecule has 3 atom stereocenters. The van der Waals surface area contributed by atoms with E-state index >= 15 is 0 Å². The van der Waals surface area contributed by atoms with Crippen molar-refractivity contribution in [2.45, 2.75) is 64.9 Å². The van der Waals surface area contributed by atoms with Crippen LogP contribution >= 0.6 is 11.8 Å². The summed E-state index contributed by atoms with van der Waals surface area (Å²) < 4.78 is 7.66. The van der Waals surface area contributed by atoms with E-state index in [1.54, 1.807) is 6.26 Å². The van der Waals surface area contributed by atoms with Crippen molar-refractivity contribution in [1.29, 1.82) is 0 Å². The number of aromatic nitrogens is 4. The lowest BCUT2D eigenvalue weighted by atomic mass is 9.92. The summed E-state index contributed by atoms with van der Waals surface area (Å²) in [5.74, 6) is 2.66. The highest BCUT2D eigenvalue weighted by atomic mass is 32.2. The Morgan fingerprint density at radius 1 is 1.24 bits per heavy atom. The SMILES string of the molecule is CC(=O)c1c(C)[nH]c(C(=O)C(C)Sc2nnc(N3CC(C)CC(C)C3)n2Cc2ccco2)c1C. The van der Waals surface area contributed by atoms with Gasteiger partial charge in [-0.25, -0.2) is 0 Å². The topological polar surface area (TPSA) is 97.0 Å². The van der Waals surface area contributed by atoms with Crippen molar-refractivity contribution >= 4 is 29.3 Å². The first-order valence-electron chi connectivity index (χ1n) is 11.8. The summed E-state index contributed by atoms with van der Waals surface area (Å²) in [7, 11) is 0. The monoisotopic (exact) mass is 483 g/mol. The third-order valence-corrected chi connectivity index (χ3v) is 7.51. The highest BCUT2D eigenvalue weighted by molar-refractivity contribution is 8.00. The lowest BCUT2D eigenvalue weighted by Gasteiger charge is -2.35. The maximum absolute atomic E-state index is 13.3.